The molecule has 0 saturated carbocycles. The Labute approximate surface area is 51.6 Å². The van der Waals surface area contributed by atoms with Crippen LogP contribution >= 0.6 is 23.4 Å². The van der Waals surface area contributed by atoms with Crippen LogP contribution in [0.25, 0.3) is 0 Å². The van der Waals surface area contributed by atoms with Gasteiger partial charge in [-0.1, -0.05) is 11.6 Å². The molecule has 3 heteroatoms. The maximum atomic E-state index is 5.40. The highest BCUT2D eigenvalue weighted by Gasteiger charge is 1.86. The second-order valence-corrected chi connectivity index (χ2v) is 1.86. The lowest BCUT2D eigenvalue weighted by atomic mass is 10.7. The number of halogens is 2. The highest BCUT2D eigenvalue weighted by molar-refractivity contribution is 6.30. The largest absolute Gasteiger partial charge is 0.257 e. The summed E-state index contributed by atoms with van der Waals surface area (Å²) in [6, 6.07) is 1.66. The van der Waals surface area contributed by atoms with Gasteiger partial charge in [-0.25, -0.2) is 0 Å². The van der Waals surface area contributed by atoms with Gasteiger partial charge in [0.25, 0.3) is 0 Å². The van der Waals surface area contributed by atoms with Crippen LogP contribution in [0.4, 0.5) is 0 Å². The fourth-order valence-electron chi connectivity index (χ4n) is 0.307. The SMILES string of the molecule is Clc1[c]n(Cl)cc1. The van der Waals surface area contributed by atoms with Gasteiger partial charge in [-0.2, -0.15) is 0 Å². The van der Waals surface area contributed by atoms with E-state index in [2.05, 4.69) is 6.20 Å². The van der Waals surface area contributed by atoms with Crippen LogP contribution in [0, 0.1) is 6.20 Å². The molecule has 0 spiro atoms. The van der Waals surface area contributed by atoms with E-state index in [9.17, 15) is 0 Å². The lowest BCUT2D eigenvalue weighted by Gasteiger charge is -1.73. The van der Waals surface area contributed by atoms with Crippen LogP contribution in [-0.2, 0) is 0 Å². The molecule has 0 N–H and O–H groups in total. The van der Waals surface area contributed by atoms with E-state index in [1.165, 1.54) is 4.09 Å². The van der Waals surface area contributed by atoms with Crippen LogP contribution in [0.3, 0.4) is 0 Å². The van der Waals surface area contributed by atoms with E-state index in [1.54, 1.807) is 12.3 Å². The highest BCUT2D eigenvalue weighted by atomic mass is 35.5. The fourth-order valence-corrected chi connectivity index (χ4v) is 0.646. The van der Waals surface area contributed by atoms with Crippen molar-refractivity contribution in [2.45, 2.75) is 0 Å². The predicted octanol–water partition coefficient (Wildman–Crippen LogP) is 1.94. The van der Waals surface area contributed by atoms with Crippen molar-refractivity contribution >= 4 is 23.4 Å². The number of rotatable bonds is 0. The summed E-state index contributed by atoms with van der Waals surface area (Å²) in [5.41, 5.74) is 0. The Morgan fingerprint density at radius 3 is 2.57 bits per heavy atom. The quantitative estimate of drug-likeness (QED) is 0.512. The van der Waals surface area contributed by atoms with Crippen LogP contribution in [0.5, 0.6) is 0 Å². The minimum absolute atomic E-state index is 0.537. The Balaban J connectivity index is 3.04. The average Bonchev–Trinajstić information content (AvgIpc) is 1.87. The summed E-state index contributed by atoms with van der Waals surface area (Å²) in [5.74, 6) is 0. The molecule has 1 aromatic rings. The highest BCUT2D eigenvalue weighted by Crippen LogP contribution is 2.06. The molecular formula is C4H2Cl2N. The number of hydrogen-bond donors (Lipinski definition) is 0. The predicted molar refractivity (Wildman–Crippen MR) is 29.5 cm³/mol. The third kappa shape index (κ3) is 1.11. The maximum absolute atomic E-state index is 5.40. The van der Waals surface area contributed by atoms with Crippen molar-refractivity contribution in [3.8, 4) is 0 Å². The van der Waals surface area contributed by atoms with Gasteiger partial charge in [0.2, 0.25) is 0 Å². The van der Waals surface area contributed by atoms with Crippen LogP contribution in [0.15, 0.2) is 12.3 Å². The Morgan fingerprint density at radius 2 is 2.43 bits per heavy atom. The summed E-state index contributed by atoms with van der Waals surface area (Å²) in [7, 11) is 0. The van der Waals surface area contributed by atoms with Crippen LogP contribution in [0.2, 0.25) is 5.02 Å². The molecule has 0 saturated heterocycles. The van der Waals surface area contributed by atoms with E-state index in [0.29, 0.717) is 5.02 Å². The van der Waals surface area contributed by atoms with Crippen LogP contribution in [-0.4, -0.2) is 4.09 Å². The van der Waals surface area contributed by atoms with Crippen molar-refractivity contribution in [3.05, 3.63) is 23.5 Å². The lowest BCUT2D eigenvalue weighted by Crippen LogP contribution is -1.65. The van der Waals surface area contributed by atoms with E-state index in [1.807, 2.05) is 0 Å². The molecule has 0 aliphatic rings. The minimum Gasteiger partial charge on any atom is -0.257 e. The molecule has 0 fully saturated rings. The molecule has 0 amide bonds. The maximum Gasteiger partial charge on any atom is 0.103 e. The van der Waals surface area contributed by atoms with Gasteiger partial charge in [-0.3, -0.25) is 4.09 Å². The molecule has 1 aromatic heterocycles. The summed E-state index contributed by atoms with van der Waals surface area (Å²) < 4.78 is 1.25. The molecule has 7 heavy (non-hydrogen) atoms. The molecule has 0 unspecified atom stereocenters. The number of aromatic nitrogens is 1. The molecule has 0 atom stereocenters. The van der Waals surface area contributed by atoms with Crippen molar-refractivity contribution in [1.82, 2.24) is 4.09 Å². The second kappa shape index (κ2) is 1.76. The second-order valence-electron chi connectivity index (χ2n) is 1.09. The van der Waals surface area contributed by atoms with Gasteiger partial charge in [-0.15, -0.1) is 0 Å². The third-order valence-electron chi connectivity index (χ3n) is 0.565. The summed E-state index contributed by atoms with van der Waals surface area (Å²) in [6.45, 7) is 0. The Morgan fingerprint density at radius 1 is 1.71 bits per heavy atom. The molecule has 1 heterocycles. The molecule has 0 aliphatic carbocycles. The van der Waals surface area contributed by atoms with Gasteiger partial charge in [0.15, 0.2) is 0 Å². The smallest absolute Gasteiger partial charge is 0.103 e. The number of nitrogens with zero attached hydrogens (tertiary/aromatic N) is 1. The molecule has 0 bridgehead atoms. The first-order valence-electron chi connectivity index (χ1n) is 1.71. The summed E-state index contributed by atoms with van der Waals surface area (Å²) in [5, 5.41) is 0.537. The van der Waals surface area contributed by atoms with E-state index in [4.69, 9.17) is 23.4 Å². The van der Waals surface area contributed by atoms with Gasteiger partial charge < -0.3 is 0 Å². The van der Waals surface area contributed by atoms with Crippen LogP contribution in [0.1, 0.15) is 0 Å². The fraction of sp³-hybridized carbons (Fsp3) is 0. The van der Waals surface area contributed by atoms with Crippen LogP contribution < -0.4 is 0 Å². The van der Waals surface area contributed by atoms with Crippen molar-refractivity contribution in [2.24, 2.45) is 0 Å². The minimum atomic E-state index is 0.537. The summed E-state index contributed by atoms with van der Waals surface area (Å²) >= 11 is 10.7. The molecule has 0 aromatic carbocycles. The standard InChI is InChI=1S/C4H2Cl2N/c5-4-1-2-7(6)3-4/h1-2H. The zero-order valence-electron chi connectivity index (χ0n) is 3.36. The van der Waals surface area contributed by atoms with E-state index >= 15 is 0 Å². The van der Waals surface area contributed by atoms with E-state index < -0.39 is 0 Å². The molecular weight excluding hydrogens is 133 g/mol. The van der Waals surface area contributed by atoms with Gasteiger partial charge in [0, 0.05) is 18.0 Å². The van der Waals surface area contributed by atoms with Gasteiger partial charge >= 0.3 is 0 Å². The first-order chi connectivity index (χ1) is 3.29. The Hall–Kier alpha value is -0.140. The molecule has 0 aliphatic heterocycles. The first-order valence-corrected chi connectivity index (χ1v) is 2.43. The van der Waals surface area contributed by atoms with Gasteiger partial charge in [-0.05, 0) is 6.07 Å². The summed E-state index contributed by atoms with van der Waals surface area (Å²) in [6.07, 6.45) is 4.20. The van der Waals surface area contributed by atoms with Gasteiger partial charge in [0.1, 0.15) is 6.20 Å². The van der Waals surface area contributed by atoms with E-state index in [0.717, 1.165) is 0 Å². The van der Waals surface area contributed by atoms with Gasteiger partial charge in [0.05, 0.1) is 5.02 Å². The zero-order chi connectivity index (χ0) is 5.28. The topological polar surface area (TPSA) is 4.93 Å². The normalized spacial score (nSPS) is 9.43. The number of hydrogen-bond acceptors (Lipinski definition) is 0. The van der Waals surface area contributed by atoms with Crippen molar-refractivity contribution in [2.75, 3.05) is 0 Å². The third-order valence-corrected chi connectivity index (χ3v) is 0.973. The monoisotopic (exact) mass is 134 g/mol. The van der Waals surface area contributed by atoms with Crippen molar-refractivity contribution < 1.29 is 0 Å². The zero-order valence-corrected chi connectivity index (χ0v) is 4.87. The Kier molecular flexibility index (Phi) is 1.26. The molecule has 1 radical (unpaired) electrons. The summed E-state index contributed by atoms with van der Waals surface area (Å²) in [4.78, 5) is 0. The average molecular weight is 135 g/mol. The molecule has 37 valence electrons. The lowest BCUT2D eigenvalue weighted by molar-refractivity contribution is 1.25. The molecule has 1 rings (SSSR count). The first kappa shape index (κ1) is 5.01. The van der Waals surface area contributed by atoms with Crippen molar-refractivity contribution in [3.63, 3.8) is 0 Å². The van der Waals surface area contributed by atoms with E-state index in [-0.39, 0.29) is 0 Å². The Bertz CT molecular complexity index is 142. The van der Waals surface area contributed by atoms with Crippen molar-refractivity contribution in [1.29, 1.82) is 0 Å². The molecule has 1 nitrogen and oxygen atoms in total.